The Morgan fingerprint density at radius 2 is 1.83 bits per heavy atom. The van der Waals surface area contributed by atoms with Crippen LogP contribution < -0.4 is 5.32 Å². The fourth-order valence-electron chi connectivity index (χ4n) is 3.99. The van der Waals surface area contributed by atoms with E-state index in [0.717, 1.165) is 27.9 Å². The minimum Gasteiger partial charge on any atom is -0.322 e. The van der Waals surface area contributed by atoms with Crippen molar-refractivity contribution < 1.29 is 14.4 Å². The van der Waals surface area contributed by atoms with Crippen molar-refractivity contribution in [3.8, 4) is 22.4 Å². The lowest BCUT2D eigenvalue weighted by Gasteiger charge is -2.29. The molecule has 0 saturated carbocycles. The zero-order valence-electron chi connectivity index (χ0n) is 15.4. The van der Waals surface area contributed by atoms with Crippen LogP contribution in [0.4, 0.5) is 0 Å². The maximum atomic E-state index is 12.8. The highest BCUT2D eigenvalue weighted by molar-refractivity contribution is 6.05. The number of H-pyrrole nitrogens is 1. The topological polar surface area (TPSA) is 108 Å². The van der Waals surface area contributed by atoms with Crippen molar-refractivity contribution in [2.45, 2.75) is 25.4 Å². The predicted molar refractivity (Wildman–Crippen MR) is 103 cm³/mol. The van der Waals surface area contributed by atoms with Crippen LogP contribution in [0.3, 0.4) is 0 Å². The fraction of sp³-hybridized carbons (Fsp3) is 0.190. The summed E-state index contributed by atoms with van der Waals surface area (Å²) in [6, 6.07) is 8.84. The third-order valence-corrected chi connectivity index (χ3v) is 5.44. The Balaban J connectivity index is 1.47. The van der Waals surface area contributed by atoms with Crippen molar-refractivity contribution in [3.05, 3.63) is 60.0 Å². The number of carbonyl (C=O) groups excluding carboxylic acids is 3. The lowest BCUT2D eigenvalue weighted by molar-refractivity contribution is -0.136. The number of aromatic amines is 1. The van der Waals surface area contributed by atoms with Crippen molar-refractivity contribution in [1.29, 1.82) is 0 Å². The van der Waals surface area contributed by atoms with Gasteiger partial charge in [0.1, 0.15) is 6.04 Å². The molecule has 1 fully saturated rings. The van der Waals surface area contributed by atoms with Gasteiger partial charge in [-0.15, -0.1) is 0 Å². The maximum absolute atomic E-state index is 12.8. The minimum absolute atomic E-state index is 0.178. The average Bonchev–Trinajstić information content (AvgIpc) is 3.34. The number of benzene rings is 1. The summed E-state index contributed by atoms with van der Waals surface area (Å²) in [6.07, 6.45) is 5.79. The molecule has 29 heavy (non-hydrogen) atoms. The molecule has 4 heterocycles. The van der Waals surface area contributed by atoms with E-state index in [1.54, 1.807) is 29.6 Å². The zero-order chi connectivity index (χ0) is 20.0. The van der Waals surface area contributed by atoms with Crippen LogP contribution >= 0.6 is 0 Å². The highest BCUT2D eigenvalue weighted by atomic mass is 16.2. The highest BCUT2D eigenvalue weighted by Crippen LogP contribution is 2.34. The Kier molecular flexibility index (Phi) is 3.97. The summed E-state index contributed by atoms with van der Waals surface area (Å²) in [5, 5.41) is 9.53. The summed E-state index contributed by atoms with van der Waals surface area (Å²) < 4.78 is 0. The second-order valence-electron chi connectivity index (χ2n) is 7.17. The van der Waals surface area contributed by atoms with Crippen LogP contribution in [0.1, 0.15) is 28.8 Å². The molecular formula is C21H17N5O3. The van der Waals surface area contributed by atoms with Gasteiger partial charge in [0.15, 0.2) is 0 Å². The first-order valence-corrected chi connectivity index (χ1v) is 9.33. The average molecular weight is 387 g/mol. The molecule has 0 aliphatic carbocycles. The predicted octanol–water partition coefficient (Wildman–Crippen LogP) is 1.90. The third-order valence-electron chi connectivity index (χ3n) is 5.44. The number of nitrogens with one attached hydrogen (secondary N) is 2. The van der Waals surface area contributed by atoms with Gasteiger partial charge in [0, 0.05) is 42.0 Å². The zero-order valence-corrected chi connectivity index (χ0v) is 15.4. The number of hydrogen-bond donors (Lipinski definition) is 2. The second-order valence-corrected chi connectivity index (χ2v) is 7.17. The first-order chi connectivity index (χ1) is 14.1. The first kappa shape index (κ1) is 17.3. The summed E-state index contributed by atoms with van der Waals surface area (Å²) in [4.78, 5) is 42.1. The number of hydrogen-bond acceptors (Lipinski definition) is 5. The largest absolute Gasteiger partial charge is 0.322 e. The molecular weight excluding hydrogens is 370 g/mol. The maximum Gasteiger partial charge on any atom is 0.255 e. The van der Waals surface area contributed by atoms with Crippen molar-refractivity contribution in [1.82, 2.24) is 25.4 Å². The number of piperidine rings is 1. The van der Waals surface area contributed by atoms with Crippen LogP contribution in [0, 0.1) is 0 Å². The van der Waals surface area contributed by atoms with Gasteiger partial charge < -0.3 is 4.90 Å². The molecule has 3 amide bonds. The highest BCUT2D eigenvalue weighted by Gasteiger charge is 2.39. The van der Waals surface area contributed by atoms with Crippen molar-refractivity contribution >= 4 is 17.7 Å². The van der Waals surface area contributed by atoms with Gasteiger partial charge in [-0.05, 0) is 41.8 Å². The summed E-state index contributed by atoms with van der Waals surface area (Å²) in [5.74, 6) is -0.874. The quantitative estimate of drug-likeness (QED) is 0.668. The molecule has 0 bridgehead atoms. The molecule has 8 nitrogen and oxygen atoms in total. The molecule has 1 aromatic carbocycles. The number of rotatable bonds is 3. The SMILES string of the molecule is O=C1CCC(N2Cc3cc(-c4cn[nH]c4-c4ccncc4)ccc3C2=O)C(=O)N1. The minimum atomic E-state index is -0.614. The standard InChI is InChI=1S/C21H17N5O3/c27-18-4-3-17(20(28)24-18)26-11-14-9-13(1-2-15(14)21(26)29)16-10-23-25-19(16)12-5-7-22-8-6-12/h1-2,5-10,17H,3-4,11H2,(H,23,25)(H,24,27,28). The Morgan fingerprint density at radius 1 is 1.00 bits per heavy atom. The number of nitrogens with zero attached hydrogens (tertiary/aromatic N) is 3. The first-order valence-electron chi connectivity index (χ1n) is 9.33. The molecule has 3 aromatic rings. The number of carbonyl (C=O) groups is 3. The van der Waals surface area contributed by atoms with Gasteiger partial charge in [-0.3, -0.25) is 29.8 Å². The number of imide groups is 1. The van der Waals surface area contributed by atoms with Gasteiger partial charge in [0.05, 0.1) is 11.9 Å². The van der Waals surface area contributed by atoms with Crippen LogP contribution in [-0.4, -0.2) is 43.8 Å². The second kappa shape index (κ2) is 6.66. The molecule has 2 aromatic heterocycles. The van der Waals surface area contributed by atoms with Gasteiger partial charge in [-0.2, -0.15) is 5.10 Å². The van der Waals surface area contributed by atoms with Crippen LogP contribution in [0.15, 0.2) is 48.9 Å². The molecule has 2 aliphatic rings. The van der Waals surface area contributed by atoms with Gasteiger partial charge in [-0.1, -0.05) is 6.07 Å². The van der Waals surface area contributed by atoms with E-state index in [-0.39, 0.29) is 18.2 Å². The van der Waals surface area contributed by atoms with E-state index in [2.05, 4.69) is 20.5 Å². The van der Waals surface area contributed by atoms with Crippen LogP contribution in [0.25, 0.3) is 22.4 Å². The van der Waals surface area contributed by atoms with Crippen LogP contribution in [-0.2, 0) is 16.1 Å². The Bertz CT molecular complexity index is 1140. The molecule has 2 N–H and O–H groups in total. The van der Waals surface area contributed by atoms with Crippen molar-refractivity contribution in [3.63, 3.8) is 0 Å². The van der Waals surface area contributed by atoms with Gasteiger partial charge in [0.2, 0.25) is 11.8 Å². The molecule has 1 unspecified atom stereocenters. The van der Waals surface area contributed by atoms with E-state index in [0.29, 0.717) is 18.5 Å². The molecule has 1 atom stereocenters. The number of fused-ring (bicyclic) bond motifs is 1. The van der Waals surface area contributed by atoms with Gasteiger partial charge >= 0.3 is 0 Å². The fourth-order valence-corrected chi connectivity index (χ4v) is 3.99. The normalized spacial score (nSPS) is 18.7. The summed E-state index contributed by atoms with van der Waals surface area (Å²) in [5.41, 5.74) is 5.15. The summed E-state index contributed by atoms with van der Waals surface area (Å²) in [7, 11) is 0. The van der Waals surface area contributed by atoms with Gasteiger partial charge in [-0.25, -0.2) is 0 Å². The summed E-state index contributed by atoms with van der Waals surface area (Å²) in [6.45, 7) is 0.344. The van der Waals surface area contributed by atoms with E-state index in [1.165, 1.54) is 0 Å². The number of amides is 3. The van der Waals surface area contributed by atoms with Crippen molar-refractivity contribution in [2.24, 2.45) is 0 Å². The Hall–Kier alpha value is -3.81. The van der Waals surface area contributed by atoms with E-state index in [4.69, 9.17) is 0 Å². The monoisotopic (exact) mass is 387 g/mol. The lowest BCUT2D eigenvalue weighted by Crippen LogP contribution is -2.52. The molecule has 144 valence electrons. The smallest absolute Gasteiger partial charge is 0.255 e. The lowest BCUT2D eigenvalue weighted by atomic mass is 9.99. The Labute approximate surface area is 165 Å². The van der Waals surface area contributed by atoms with E-state index in [9.17, 15) is 14.4 Å². The van der Waals surface area contributed by atoms with E-state index >= 15 is 0 Å². The van der Waals surface area contributed by atoms with Crippen molar-refractivity contribution in [2.75, 3.05) is 0 Å². The van der Waals surface area contributed by atoms with E-state index < -0.39 is 11.9 Å². The molecule has 8 heteroatoms. The van der Waals surface area contributed by atoms with E-state index in [1.807, 2.05) is 24.3 Å². The van der Waals surface area contributed by atoms with Crippen LogP contribution in [0.2, 0.25) is 0 Å². The number of pyridine rings is 1. The summed E-state index contributed by atoms with van der Waals surface area (Å²) >= 11 is 0. The van der Waals surface area contributed by atoms with Gasteiger partial charge in [0.25, 0.3) is 5.91 Å². The van der Waals surface area contributed by atoms with Crippen LogP contribution in [0.5, 0.6) is 0 Å². The molecule has 2 aliphatic heterocycles. The number of aromatic nitrogens is 3. The Morgan fingerprint density at radius 3 is 2.62 bits per heavy atom. The molecule has 0 spiro atoms. The third kappa shape index (κ3) is 2.89. The molecule has 0 radical (unpaired) electrons. The molecule has 5 rings (SSSR count). The molecule has 1 saturated heterocycles.